The SMILES string of the molecule is O=C(CC1CCNCC1)NCC(=O)N1CCCCC1. The normalized spacial score (nSPS) is 21.2. The number of amides is 2. The number of likely N-dealkylation sites (tertiary alicyclic amines) is 1. The zero-order chi connectivity index (χ0) is 13.5. The number of hydrogen-bond donors (Lipinski definition) is 2. The molecule has 2 rings (SSSR count). The maximum Gasteiger partial charge on any atom is 0.241 e. The van der Waals surface area contributed by atoms with Crippen LogP contribution in [0.2, 0.25) is 0 Å². The molecule has 0 spiro atoms. The van der Waals surface area contributed by atoms with Crippen LogP contribution >= 0.6 is 0 Å². The lowest BCUT2D eigenvalue weighted by Crippen LogP contribution is -2.43. The number of piperidine rings is 2. The van der Waals surface area contributed by atoms with Gasteiger partial charge < -0.3 is 15.5 Å². The molecule has 0 aromatic carbocycles. The third-order valence-electron chi connectivity index (χ3n) is 4.08. The summed E-state index contributed by atoms with van der Waals surface area (Å²) in [5.41, 5.74) is 0. The first kappa shape index (κ1) is 14.3. The van der Waals surface area contributed by atoms with E-state index in [1.54, 1.807) is 0 Å². The summed E-state index contributed by atoms with van der Waals surface area (Å²) in [5, 5.41) is 6.07. The third kappa shape index (κ3) is 4.82. The van der Waals surface area contributed by atoms with Gasteiger partial charge in [0, 0.05) is 19.5 Å². The van der Waals surface area contributed by atoms with Gasteiger partial charge in [0.25, 0.3) is 0 Å². The Labute approximate surface area is 115 Å². The van der Waals surface area contributed by atoms with E-state index in [1.807, 2.05) is 4.90 Å². The second-order valence-electron chi connectivity index (χ2n) is 5.62. The van der Waals surface area contributed by atoms with Crippen molar-refractivity contribution in [3.63, 3.8) is 0 Å². The fourth-order valence-electron chi connectivity index (χ4n) is 2.85. The van der Waals surface area contributed by atoms with Crippen LogP contribution in [0.25, 0.3) is 0 Å². The fraction of sp³-hybridized carbons (Fsp3) is 0.857. The number of nitrogens with one attached hydrogen (secondary N) is 2. The minimum atomic E-state index is 0.0252. The van der Waals surface area contributed by atoms with Gasteiger partial charge in [-0.3, -0.25) is 9.59 Å². The second-order valence-corrected chi connectivity index (χ2v) is 5.62. The fourth-order valence-corrected chi connectivity index (χ4v) is 2.85. The van der Waals surface area contributed by atoms with E-state index >= 15 is 0 Å². The summed E-state index contributed by atoms with van der Waals surface area (Å²) in [6, 6.07) is 0. The number of hydrogen-bond acceptors (Lipinski definition) is 3. The highest BCUT2D eigenvalue weighted by molar-refractivity contribution is 5.84. The topological polar surface area (TPSA) is 61.4 Å². The predicted octanol–water partition coefficient (Wildman–Crippen LogP) is 0.505. The van der Waals surface area contributed by atoms with E-state index in [4.69, 9.17) is 0 Å². The Kier molecular flexibility index (Phi) is 5.63. The van der Waals surface area contributed by atoms with Crippen LogP contribution in [0.15, 0.2) is 0 Å². The van der Waals surface area contributed by atoms with E-state index in [9.17, 15) is 9.59 Å². The van der Waals surface area contributed by atoms with Crippen molar-refractivity contribution < 1.29 is 9.59 Å². The summed E-state index contributed by atoms with van der Waals surface area (Å²) < 4.78 is 0. The van der Waals surface area contributed by atoms with E-state index in [0.717, 1.165) is 51.9 Å². The number of carbonyl (C=O) groups excluding carboxylic acids is 2. The molecule has 2 amide bonds. The van der Waals surface area contributed by atoms with Gasteiger partial charge in [-0.25, -0.2) is 0 Å². The first-order valence-electron chi connectivity index (χ1n) is 7.51. The lowest BCUT2D eigenvalue weighted by Gasteiger charge is -2.27. The summed E-state index contributed by atoms with van der Waals surface area (Å²) in [6.07, 6.45) is 6.09. The first-order valence-corrected chi connectivity index (χ1v) is 7.51. The average Bonchev–Trinajstić information content (AvgIpc) is 2.47. The summed E-state index contributed by atoms with van der Waals surface area (Å²) in [4.78, 5) is 25.6. The molecule has 2 N–H and O–H groups in total. The number of rotatable bonds is 4. The zero-order valence-corrected chi connectivity index (χ0v) is 11.6. The minimum Gasteiger partial charge on any atom is -0.347 e. The molecule has 2 saturated heterocycles. The molecule has 108 valence electrons. The number of carbonyl (C=O) groups is 2. The Balaban J connectivity index is 1.63. The maximum atomic E-state index is 11.9. The molecule has 5 nitrogen and oxygen atoms in total. The Hall–Kier alpha value is -1.10. The Morgan fingerprint density at radius 3 is 2.47 bits per heavy atom. The van der Waals surface area contributed by atoms with Crippen LogP contribution in [0, 0.1) is 5.92 Å². The Morgan fingerprint density at radius 2 is 1.79 bits per heavy atom. The zero-order valence-electron chi connectivity index (χ0n) is 11.6. The van der Waals surface area contributed by atoms with Crippen molar-refractivity contribution in [2.24, 2.45) is 5.92 Å². The van der Waals surface area contributed by atoms with Crippen LogP contribution < -0.4 is 10.6 Å². The highest BCUT2D eigenvalue weighted by Crippen LogP contribution is 2.15. The van der Waals surface area contributed by atoms with E-state index in [-0.39, 0.29) is 18.4 Å². The van der Waals surface area contributed by atoms with Gasteiger partial charge in [0.05, 0.1) is 6.54 Å². The van der Waals surface area contributed by atoms with Gasteiger partial charge in [-0.15, -0.1) is 0 Å². The van der Waals surface area contributed by atoms with Crippen molar-refractivity contribution in [1.82, 2.24) is 15.5 Å². The van der Waals surface area contributed by atoms with Gasteiger partial charge in [0.1, 0.15) is 0 Å². The van der Waals surface area contributed by atoms with E-state index in [0.29, 0.717) is 12.3 Å². The highest BCUT2D eigenvalue weighted by atomic mass is 16.2. The minimum absolute atomic E-state index is 0.0252. The molecule has 0 aromatic heterocycles. The molecule has 0 radical (unpaired) electrons. The summed E-state index contributed by atoms with van der Waals surface area (Å²) in [5.74, 6) is 0.571. The van der Waals surface area contributed by atoms with Gasteiger partial charge in [-0.1, -0.05) is 0 Å². The molecule has 2 fully saturated rings. The summed E-state index contributed by atoms with van der Waals surface area (Å²) in [6.45, 7) is 3.88. The lowest BCUT2D eigenvalue weighted by molar-refractivity contribution is -0.133. The van der Waals surface area contributed by atoms with Crippen LogP contribution in [-0.4, -0.2) is 49.4 Å². The van der Waals surface area contributed by atoms with Crippen LogP contribution in [0.4, 0.5) is 0 Å². The van der Waals surface area contributed by atoms with E-state index in [2.05, 4.69) is 10.6 Å². The van der Waals surface area contributed by atoms with Gasteiger partial charge in [0.15, 0.2) is 0 Å². The summed E-state index contributed by atoms with van der Waals surface area (Å²) >= 11 is 0. The second kappa shape index (κ2) is 7.48. The molecule has 0 atom stereocenters. The van der Waals surface area contributed by atoms with Gasteiger partial charge in [-0.05, 0) is 51.1 Å². The molecule has 2 aliphatic heterocycles. The summed E-state index contributed by atoms with van der Waals surface area (Å²) in [7, 11) is 0. The molecular weight excluding hydrogens is 242 g/mol. The highest BCUT2D eigenvalue weighted by Gasteiger charge is 2.19. The smallest absolute Gasteiger partial charge is 0.241 e. The molecule has 2 heterocycles. The predicted molar refractivity (Wildman–Crippen MR) is 73.7 cm³/mol. The Bertz CT molecular complexity index is 308. The van der Waals surface area contributed by atoms with Gasteiger partial charge in [-0.2, -0.15) is 0 Å². The average molecular weight is 267 g/mol. The lowest BCUT2D eigenvalue weighted by atomic mass is 9.94. The molecule has 0 unspecified atom stereocenters. The number of nitrogens with zero attached hydrogens (tertiary/aromatic N) is 1. The molecular formula is C14H25N3O2. The van der Waals surface area contributed by atoms with Crippen LogP contribution in [-0.2, 0) is 9.59 Å². The monoisotopic (exact) mass is 267 g/mol. The van der Waals surface area contributed by atoms with E-state index in [1.165, 1.54) is 6.42 Å². The first-order chi connectivity index (χ1) is 9.25. The van der Waals surface area contributed by atoms with Crippen molar-refractivity contribution in [2.45, 2.75) is 38.5 Å². The van der Waals surface area contributed by atoms with Crippen molar-refractivity contribution >= 4 is 11.8 Å². The molecule has 2 aliphatic rings. The van der Waals surface area contributed by atoms with Gasteiger partial charge >= 0.3 is 0 Å². The molecule has 0 aromatic rings. The largest absolute Gasteiger partial charge is 0.347 e. The molecule has 19 heavy (non-hydrogen) atoms. The standard InChI is InChI=1S/C14H25N3O2/c18-13(10-12-4-6-15-7-5-12)16-11-14(19)17-8-2-1-3-9-17/h12,15H,1-11H2,(H,16,18). The van der Waals surface area contributed by atoms with Crippen LogP contribution in [0.5, 0.6) is 0 Å². The molecule has 0 bridgehead atoms. The van der Waals surface area contributed by atoms with Crippen molar-refractivity contribution in [3.8, 4) is 0 Å². The van der Waals surface area contributed by atoms with Crippen molar-refractivity contribution in [2.75, 3.05) is 32.7 Å². The van der Waals surface area contributed by atoms with Gasteiger partial charge in [0.2, 0.25) is 11.8 Å². The van der Waals surface area contributed by atoms with Crippen molar-refractivity contribution in [1.29, 1.82) is 0 Å². The van der Waals surface area contributed by atoms with Crippen LogP contribution in [0.3, 0.4) is 0 Å². The molecule has 5 heteroatoms. The third-order valence-corrected chi connectivity index (χ3v) is 4.08. The molecule has 0 saturated carbocycles. The maximum absolute atomic E-state index is 11.9. The molecule has 0 aliphatic carbocycles. The van der Waals surface area contributed by atoms with E-state index < -0.39 is 0 Å². The quantitative estimate of drug-likeness (QED) is 0.780. The van der Waals surface area contributed by atoms with Crippen LogP contribution in [0.1, 0.15) is 38.5 Å². The Morgan fingerprint density at radius 1 is 1.11 bits per heavy atom. The van der Waals surface area contributed by atoms with Crippen molar-refractivity contribution in [3.05, 3.63) is 0 Å².